The summed E-state index contributed by atoms with van der Waals surface area (Å²) in [4.78, 5) is 24.6. The number of hydrogen-bond donors (Lipinski definition) is 1. The molecule has 1 aliphatic carbocycles. The lowest BCUT2D eigenvalue weighted by molar-refractivity contribution is -0.150. The number of carboxylic acid groups (broad SMARTS) is 1. The molecule has 0 spiro atoms. The summed E-state index contributed by atoms with van der Waals surface area (Å²) < 4.78 is 24.6. The highest BCUT2D eigenvalue weighted by Gasteiger charge is 2.38. The van der Waals surface area contributed by atoms with Crippen LogP contribution in [0.3, 0.4) is 0 Å². The summed E-state index contributed by atoms with van der Waals surface area (Å²) in [5.74, 6) is -1.16. The molecule has 0 bridgehead atoms. The van der Waals surface area contributed by atoms with Crippen LogP contribution in [0.4, 0.5) is 0 Å². The van der Waals surface area contributed by atoms with E-state index in [1.54, 1.807) is 0 Å². The van der Waals surface area contributed by atoms with Crippen LogP contribution >= 0.6 is 0 Å². The van der Waals surface area contributed by atoms with Gasteiger partial charge in [-0.2, -0.15) is 0 Å². The van der Waals surface area contributed by atoms with E-state index < -0.39 is 22.0 Å². The first-order valence-electron chi connectivity index (χ1n) is 6.84. The highest BCUT2D eigenvalue weighted by atomic mass is 32.2. The van der Waals surface area contributed by atoms with Crippen molar-refractivity contribution in [2.24, 2.45) is 0 Å². The molecule has 2 rings (SSSR count). The molecule has 114 valence electrons. The van der Waals surface area contributed by atoms with Crippen molar-refractivity contribution < 1.29 is 23.1 Å². The van der Waals surface area contributed by atoms with E-state index in [-0.39, 0.29) is 30.7 Å². The third-order valence-corrected chi connectivity index (χ3v) is 5.74. The number of aliphatic carboxylic acids is 1. The zero-order chi connectivity index (χ0) is 14.9. The van der Waals surface area contributed by atoms with Gasteiger partial charge in [0.15, 0.2) is 0 Å². The Morgan fingerprint density at radius 2 is 2.05 bits per heavy atom. The fraction of sp³-hybridized carbons (Fsp3) is 0.833. The largest absolute Gasteiger partial charge is 0.480 e. The van der Waals surface area contributed by atoms with E-state index >= 15 is 0 Å². The third-order valence-electron chi connectivity index (χ3n) is 3.78. The van der Waals surface area contributed by atoms with Gasteiger partial charge in [-0.3, -0.25) is 4.79 Å². The summed E-state index contributed by atoms with van der Waals surface area (Å²) in [6, 6.07) is -0.853. The van der Waals surface area contributed by atoms with Crippen molar-refractivity contribution in [3.05, 3.63) is 0 Å². The minimum Gasteiger partial charge on any atom is -0.480 e. The van der Waals surface area contributed by atoms with Crippen molar-refractivity contribution >= 4 is 21.9 Å². The highest BCUT2D eigenvalue weighted by Crippen LogP contribution is 2.29. The highest BCUT2D eigenvalue weighted by molar-refractivity contribution is 7.89. The Kier molecular flexibility index (Phi) is 4.33. The molecule has 20 heavy (non-hydrogen) atoms. The fourth-order valence-corrected chi connectivity index (χ4v) is 4.03. The van der Waals surface area contributed by atoms with Crippen molar-refractivity contribution in [3.63, 3.8) is 0 Å². The van der Waals surface area contributed by atoms with Crippen LogP contribution in [0.15, 0.2) is 0 Å². The summed E-state index contributed by atoms with van der Waals surface area (Å²) in [6.07, 6.45) is 2.29. The Bertz CT molecular complexity index is 500. The molecule has 2 fully saturated rings. The van der Waals surface area contributed by atoms with E-state index in [1.165, 1.54) is 16.1 Å². The lowest BCUT2D eigenvalue weighted by Gasteiger charge is -2.27. The smallest absolute Gasteiger partial charge is 0.326 e. The Balaban J connectivity index is 1.94. The molecule has 1 amide bonds. The van der Waals surface area contributed by atoms with Crippen LogP contribution in [-0.4, -0.2) is 65.5 Å². The molecule has 8 heteroatoms. The lowest BCUT2D eigenvalue weighted by atomic mass is 10.2. The summed E-state index contributed by atoms with van der Waals surface area (Å²) >= 11 is 0. The maximum Gasteiger partial charge on any atom is 0.326 e. The molecule has 0 aromatic rings. The number of hydrogen-bond acceptors (Lipinski definition) is 4. The zero-order valence-corrected chi connectivity index (χ0v) is 12.3. The quantitative estimate of drug-likeness (QED) is 0.738. The van der Waals surface area contributed by atoms with Crippen LogP contribution in [0, 0.1) is 0 Å². The topological polar surface area (TPSA) is 95.0 Å². The zero-order valence-electron chi connectivity index (χ0n) is 11.5. The molecule has 0 radical (unpaired) electrons. The number of carbonyl (C=O) groups excluding carboxylic acids is 1. The number of rotatable bonds is 6. The van der Waals surface area contributed by atoms with Crippen LogP contribution in [-0.2, 0) is 19.6 Å². The van der Waals surface area contributed by atoms with Gasteiger partial charge < -0.3 is 10.0 Å². The van der Waals surface area contributed by atoms with Gasteiger partial charge in [-0.05, 0) is 26.2 Å². The molecule has 1 atom stereocenters. The number of amides is 1. The summed E-state index contributed by atoms with van der Waals surface area (Å²) in [6.45, 7) is 2.09. The van der Waals surface area contributed by atoms with E-state index in [0.717, 1.165) is 12.8 Å². The van der Waals surface area contributed by atoms with Crippen LogP contribution in [0.5, 0.6) is 0 Å². The van der Waals surface area contributed by atoms with Crippen molar-refractivity contribution in [2.45, 2.75) is 44.7 Å². The lowest BCUT2D eigenvalue weighted by Crippen LogP contribution is -2.45. The van der Waals surface area contributed by atoms with Crippen molar-refractivity contribution in [1.29, 1.82) is 0 Å². The molecule has 1 unspecified atom stereocenters. The van der Waals surface area contributed by atoms with E-state index in [1.807, 2.05) is 0 Å². The van der Waals surface area contributed by atoms with Gasteiger partial charge in [0.05, 0.1) is 5.75 Å². The van der Waals surface area contributed by atoms with E-state index in [9.17, 15) is 18.0 Å². The standard InChI is InChI=1S/C12H20N2O5S/c1-9(12(16)17)14(10-3-4-10)11(15)5-7-13-6-2-8-20(13,18)19/h9-10H,2-8H2,1H3,(H,16,17). The van der Waals surface area contributed by atoms with Crippen LogP contribution in [0.25, 0.3) is 0 Å². The molecule has 1 saturated carbocycles. The Morgan fingerprint density at radius 1 is 1.40 bits per heavy atom. The second-order valence-corrected chi connectivity index (χ2v) is 7.45. The molecule has 0 aromatic carbocycles. The number of carbonyl (C=O) groups is 2. The van der Waals surface area contributed by atoms with Gasteiger partial charge in [0.25, 0.3) is 0 Å². The normalized spacial score (nSPS) is 23.4. The molecule has 1 heterocycles. The van der Waals surface area contributed by atoms with Crippen LogP contribution in [0.2, 0.25) is 0 Å². The maximum atomic E-state index is 12.2. The number of nitrogens with zero attached hydrogens (tertiary/aromatic N) is 2. The second-order valence-electron chi connectivity index (χ2n) is 5.37. The molecule has 1 aliphatic heterocycles. The van der Waals surface area contributed by atoms with Gasteiger partial charge in [-0.1, -0.05) is 0 Å². The molecule has 2 aliphatic rings. The van der Waals surface area contributed by atoms with Gasteiger partial charge in [-0.15, -0.1) is 0 Å². The minimum atomic E-state index is -3.20. The summed E-state index contributed by atoms with van der Waals surface area (Å²) in [5, 5.41) is 9.04. The summed E-state index contributed by atoms with van der Waals surface area (Å²) in [7, 11) is -3.20. The fourth-order valence-electron chi connectivity index (χ4n) is 2.50. The predicted molar refractivity (Wildman–Crippen MR) is 71.6 cm³/mol. The van der Waals surface area contributed by atoms with Gasteiger partial charge in [0.2, 0.25) is 15.9 Å². The van der Waals surface area contributed by atoms with E-state index in [4.69, 9.17) is 5.11 Å². The first kappa shape index (κ1) is 15.2. The number of sulfonamides is 1. The van der Waals surface area contributed by atoms with Gasteiger partial charge in [-0.25, -0.2) is 17.5 Å². The van der Waals surface area contributed by atoms with Crippen LogP contribution < -0.4 is 0 Å². The minimum absolute atomic E-state index is 0.00350. The first-order valence-corrected chi connectivity index (χ1v) is 8.45. The van der Waals surface area contributed by atoms with Crippen molar-refractivity contribution in [1.82, 2.24) is 9.21 Å². The van der Waals surface area contributed by atoms with Gasteiger partial charge >= 0.3 is 5.97 Å². The van der Waals surface area contributed by atoms with Crippen molar-refractivity contribution in [2.75, 3.05) is 18.8 Å². The Labute approximate surface area is 118 Å². The predicted octanol–water partition coefficient (Wildman–Crippen LogP) is -0.124. The van der Waals surface area contributed by atoms with E-state index in [0.29, 0.717) is 13.0 Å². The van der Waals surface area contributed by atoms with Crippen LogP contribution in [0.1, 0.15) is 32.6 Å². The van der Waals surface area contributed by atoms with Crippen molar-refractivity contribution in [3.8, 4) is 0 Å². The molecular weight excluding hydrogens is 284 g/mol. The molecule has 1 N–H and O–H groups in total. The Hall–Kier alpha value is -1.15. The SMILES string of the molecule is CC(C(=O)O)N(C(=O)CCN1CCCS1(=O)=O)C1CC1. The first-order chi connectivity index (χ1) is 9.33. The molecule has 0 aromatic heterocycles. The maximum absolute atomic E-state index is 12.2. The monoisotopic (exact) mass is 304 g/mol. The molecular formula is C12H20N2O5S. The summed E-state index contributed by atoms with van der Waals surface area (Å²) in [5.41, 5.74) is 0. The van der Waals surface area contributed by atoms with Gasteiger partial charge in [0, 0.05) is 25.6 Å². The third kappa shape index (κ3) is 3.29. The Morgan fingerprint density at radius 3 is 2.50 bits per heavy atom. The molecule has 1 saturated heterocycles. The average molecular weight is 304 g/mol. The average Bonchev–Trinajstić information content (AvgIpc) is 3.11. The second kappa shape index (κ2) is 5.69. The molecule has 7 nitrogen and oxygen atoms in total. The van der Waals surface area contributed by atoms with Gasteiger partial charge in [0.1, 0.15) is 6.04 Å². The van der Waals surface area contributed by atoms with E-state index in [2.05, 4.69) is 0 Å². The number of carboxylic acids is 1.